The van der Waals surface area contributed by atoms with E-state index in [1.165, 1.54) is 47.6 Å². The van der Waals surface area contributed by atoms with Crippen LogP contribution in [0.3, 0.4) is 0 Å². The quantitative estimate of drug-likeness (QED) is 0.0512. The number of amides is 4. The average Bonchev–Trinajstić information content (AvgIpc) is 3.72. The van der Waals surface area contributed by atoms with Crippen LogP contribution in [0.2, 0.25) is 0 Å². The SMILES string of the molecule is C=C1CCC(N2C(=O)c3cccc(OCC(=O)CCCCCCCCCNC(=O)COc4ccc(Oc5cc6c(cc5CS(=O)(=O)c5ccc(OC)c(OC)c5)n(C)c(=O)n6C)cc4)c3C2=O)C(=O)N1. The summed E-state index contributed by atoms with van der Waals surface area (Å²) in [4.78, 5) is 77.9. The van der Waals surface area contributed by atoms with Crippen LogP contribution >= 0.6 is 0 Å². The highest BCUT2D eigenvalue weighted by molar-refractivity contribution is 7.90. The topological polar surface area (TPSA) is 220 Å². The van der Waals surface area contributed by atoms with Crippen molar-refractivity contribution in [3.8, 4) is 34.5 Å². The molecule has 1 atom stereocenters. The molecule has 0 aliphatic carbocycles. The number of hydrogen-bond donors (Lipinski definition) is 2. The minimum Gasteiger partial charge on any atom is -0.493 e. The largest absolute Gasteiger partial charge is 0.493 e. The second-order valence-electron chi connectivity index (χ2n) is 17.2. The van der Waals surface area contributed by atoms with Gasteiger partial charge in [0.1, 0.15) is 35.6 Å². The highest BCUT2D eigenvalue weighted by Crippen LogP contribution is 2.37. The first kappa shape index (κ1) is 50.5. The lowest BCUT2D eigenvalue weighted by Crippen LogP contribution is -2.51. The third kappa shape index (κ3) is 11.5. The molecule has 370 valence electrons. The Morgan fingerprint density at radius 2 is 1.41 bits per heavy atom. The molecule has 3 heterocycles. The fourth-order valence-electron chi connectivity index (χ4n) is 8.48. The number of rotatable bonds is 24. The molecule has 4 amide bonds. The molecule has 0 spiro atoms. The van der Waals surface area contributed by atoms with E-state index in [-0.39, 0.29) is 70.3 Å². The highest BCUT2D eigenvalue weighted by Gasteiger charge is 2.45. The first-order chi connectivity index (χ1) is 33.6. The molecule has 70 heavy (non-hydrogen) atoms. The Hall–Kier alpha value is -7.41. The van der Waals surface area contributed by atoms with Crippen molar-refractivity contribution < 1.29 is 56.1 Å². The van der Waals surface area contributed by atoms with Gasteiger partial charge < -0.3 is 34.3 Å². The van der Waals surface area contributed by atoms with Crippen LogP contribution in [0, 0.1) is 0 Å². The van der Waals surface area contributed by atoms with Gasteiger partial charge in [-0.1, -0.05) is 44.7 Å². The summed E-state index contributed by atoms with van der Waals surface area (Å²) in [5, 5.41) is 5.48. The van der Waals surface area contributed by atoms with Gasteiger partial charge in [0.05, 0.1) is 47.0 Å². The predicted octanol–water partition coefficient (Wildman–Crippen LogP) is 6.31. The second kappa shape index (κ2) is 22.3. The monoisotopic (exact) mass is 979 g/mol. The number of methoxy groups -OCH3 is 2. The van der Waals surface area contributed by atoms with E-state index in [0.29, 0.717) is 65.3 Å². The number of fused-ring (bicyclic) bond motifs is 2. The van der Waals surface area contributed by atoms with Crippen molar-refractivity contribution in [1.82, 2.24) is 24.7 Å². The van der Waals surface area contributed by atoms with Gasteiger partial charge in [-0.2, -0.15) is 0 Å². The van der Waals surface area contributed by atoms with Gasteiger partial charge in [-0.25, -0.2) is 13.2 Å². The Bertz CT molecular complexity index is 3000. The molecule has 1 unspecified atom stereocenters. The number of ketones is 1. The Morgan fingerprint density at radius 1 is 0.743 bits per heavy atom. The predicted molar refractivity (Wildman–Crippen MR) is 258 cm³/mol. The normalized spacial score (nSPS) is 14.6. The Morgan fingerprint density at radius 3 is 2.11 bits per heavy atom. The Balaban J connectivity index is 0.787. The van der Waals surface area contributed by atoms with E-state index < -0.39 is 39.4 Å². The Kier molecular flexibility index (Phi) is 16.1. The lowest BCUT2D eigenvalue weighted by molar-refractivity contribution is -0.125. The van der Waals surface area contributed by atoms with Crippen LogP contribution in [0.25, 0.3) is 11.0 Å². The van der Waals surface area contributed by atoms with Crippen molar-refractivity contribution in [1.29, 1.82) is 0 Å². The van der Waals surface area contributed by atoms with E-state index >= 15 is 0 Å². The summed E-state index contributed by atoms with van der Waals surface area (Å²) < 4.78 is 58.6. The smallest absolute Gasteiger partial charge is 0.328 e. The number of piperidine rings is 1. The van der Waals surface area contributed by atoms with Crippen LogP contribution in [0.1, 0.15) is 90.5 Å². The third-order valence-corrected chi connectivity index (χ3v) is 14.0. The molecular formula is C51H57N5O13S. The molecule has 2 aliphatic heterocycles. The van der Waals surface area contributed by atoms with Crippen molar-refractivity contribution in [2.45, 2.75) is 80.9 Å². The van der Waals surface area contributed by atoms with Gasteiger partial charge in [0.2, 0.25) is 5.91 Å². The van der Waals surface area contributed by atoms with E-state index in [0.717, 1.165) is 43.4 Å². The highest BCUT2D eigenvalue weighted by atomic mass is 32.2. The van der Waals surface area contributed by atoms with E-state index in [9.17, 15) is 37.2 Å². The summed E-state index contributed by atoms with van der Waals surface area (Å²) in [7, 11) is 2.19. The fraction of sp³-hybridized carbons (Fsp3) is 0.373. The molecule has 1 aromatic heterocycles. The summed E-state index contributed by atoms with van der Waals surface area (Å²) >= 11 is 0. The zero-order valence-corrected chi connectivity index (χ0v) is 40.5. The maximum atomic E-state index is 13.7. The summed E-state index contributed by atoms with van der Waals surface area (Å²) in [6.07, 6.45) is 7.25. The van der Waals surface area contributed by atoms with E-state index in [1.54, 1.807) is 62.6 Å². The number of aromatic nitrogens is 2. The molecule has 4 aromatic carbocycles. The molecule has 1 saturated heterocycles. The van der Waals surface area contributed by atoms with Crippen LogP contribution in [0.15, 0.2) is 94.8 Å². The summed E-state index contributed by atoms with van der Waals surface area (Å²) in [5.41, 5.74) is 1.89. The van der Waals surface area contributed by atoms with Crippen LogP contribution < -0.4 is 40.0 Å². The van der Waals surface area contributed by atoms with Gasteiger partial charge in [0, 0.05) is 50.5 Å². The number of imidazole rings is 1. The number of unbranched alkanes of at least 4 members (excludes halogenated alkanes) is 6. The summed E-state index contributed by atoms with van der Waals surface area (Å²) in [5.74, 6) is -0.628. The molecule has 2 N–H and O–H groups in total. The van der Waals surface area contributed by atoms with Crippen molar-refractivity contribution in [3.05, 3.63) is 112 Å². The van der Waals surface area contributed by atoms with Gasteiger partial charge in [0.25, 0.3) is 17.7 Å². The van der Waals surface area contributed by atoms with E-state index in [1.807, 2.05) is 0 Å². The lowest BCUT2D eigenvalue weighted by atomic mass is 10.0. The molecule has 2 aliphatic rings. The van der Waals surface area contributed by atoms with Crippen LogP contribution in [0.5, 0.6) is 34.5 Å². The van der Waals surface area contributed by atoms with Crippen molar-refractivity contribution in [2.24, 2.45) is 14.1 Å². The first-order valence-corrected chi connectivity index (χ1v) is 24.7. The molecule has 7 rings (SSSR count). The molecular weight excluding hydrogens is 923 g/mol. The standard InChI is InChI=1S/C51H57N5O13S/c1-32-17-23-39(48(59)53-32)56-49(60)38-15-13-16-43(47(38)50(56)61)68-29-34(57)14-11-9-7-6-8-10-12-25-52-46(58)30-67-35-18-20-36(21-19-35)69-44-28-41-40(54(2)51(62)55(41)3)26-33(44)31-70(63,64)37-22-24-42(65-4)45(27-37)66-5/h13,15-16,18-22,24,26-28,39H,1,6-12,14,17,23,25,29-31H2,2-5H3,(H,52,58)(H,53,59). The number of sulfone groups is 1. The number of Topliss-reactive ketones (excluding diaryl/α,β-unsaturated/α-hetero) is 1. The Labute approximate surface area is 405 Å². The van der Waals surface area contributed by atoms with E-state index in [4.69, 9.17) is 23.7 Å². The first-order valence-electron chi connectivity index (χ1n) is 23.0. The number of nitrogens with zero attached hydrogens (tertiary/aromatic N) is 3. The number of ether oxygens (including phenoxy) is 5. The van der Waals surface area contributed by atoms with Gasteiger partial charge >= 0.3 is 5.69 Å². The molecule has 19 heteroatoms. The lowest BCUT2D eigenvalue weighted by Gasteiger charge is -2.29. The third-order valence-electron chi connectivity index (χ3n) is 12.3. The van der Waals surface area contributed by atoms with Gasteiger partial charge in [0.15, 0.2) is 33.7 Å². The molecule has 0 radical (unpaired) electrons. The second-order valence-corrected chi connectivity index (χ2v) is 19.2. The number of allylic oxidation sites excluding steroid dienone is 1. The minimum absolute atomic E-state index is 0.0228. The molecule has 1 fully saturated rings. The number of aryl methyl sites for hydroxylation is 2. The van der Waals surface area contributed by atoms with Crippen LogP contribution in [-0.2, 0) is 44.1 Å². The number of hydrogen-bond acceptors (Lipinski definition) is 13. The zero-order chi connectivity index (χ0) is 50.1. The number of imide groups is 1. The molecule has 5 aromatic rings. The van der Waals surface area contributed by atoms with Crippen LogP contribution in [-0.4, -0.2) is 91.9 Å². The van der Waals surface area contributed by atoms with Crippen molar-refractivity contribution in [3.63, 3.8) is 0 Å². The maximum Gasteiger partial charge on any atom is 0.328 e. The molecule has 0 bridgehead atoms. The fourth-order valence-corrected chi connectivity index (χ4v) is 9.84. The van der Waals surface area contributed by atoms with Crippen LogP contribution in [0.4, 0.5) is 0 Å². The number of benzene rings is 4. The minimum atomic E-state index is -3.93. The maximum absolute atomic E-state index is 13.7. The van der Waals surface area contributed by atoms with E-state index in [2.05, 4.69) is 17.2 Å². The summed E-state index contributed by atoms with van der Waals surface area (Å²) in [6.45, 7) is 3.82. The summed E-state index contributed by atoms with van der Waals surface area (Å²) in [6, 6.07) is 17.9. The van der Waals surface area contributed by atoms with Crippen molar-refractivity contribution in [2.75, 3.05) is 34.0 Å². The number of nitrogens with one attached hydrogen (secondary N) is 2. The van der Waals surface area contributed by atoms with Crippen molar-refractivity contribution >= 4 is 50.3 Å². The number of carbonyl (C=O) groups excluding carboxylic acids is 5. The molecule has 18 nitrogen and oxygen atoms in total. The number of carbonyl (C=O) groups is 5. The van der Waals surface area contributed by atoms with Gasteiger partial charge in [-0.3, -0.25) is 38.0 Å². The molecule has 0 saturated carbocycles. The average molecular weight is 980 g/mol. The van der Waals surface area contributed by atoms with Gasteiger partial charge in [-0.05, 0) is 80.3 Å². The van der Waals surface area contributed by atoms with Gasteiger partial charge in [-0.15, -0.1) is 0 Å². The zero-order valence-electron chi connectivity index (χ0n) is 39.7.